The van der Waals surface area contributed by atoms with Gasteiger partial charge in [-0.1, -0.05) is 0 Å². The zero-order chi connectivity index (χ0) is 13.3. The van der Waals surface area contributed by atoms with E-state index in [-0.39, 0.29) is 17.8 Å². The van der Waals surface area contributed by atoms with E-state index < -0.39 is 0 Å². The Morgan fingerprint density at radius 1 is 1.50 bits per heavy atom. The second kappa shape index (κ2) is 4.80. The van der Waals surface area contributed by atoms with E-state index in [0.717, 1.165) is 5.69 Å². The zero-order valence-electron chi connectivity index (χ0n) is 10.8. The van der Waals surface area contributed by atoms with E-state index in [0.29, 0.717) is 25.2 Å². The smallest absolute Gasteiger partial charge is 0.310 e. The summed E-state index contributed by atoms with van der Waals surface area (Å²) in [4.78, 5) is 25.3. The van der Waals surface area contributed by atoms with Gasteiger partial charge >= 0.3 is 5.97 Å². The molecule has 0 spiro atoms. The van der Waals surface area contributed by atoms with Crippen molar-refractivity contribution in [2.75, 3.05) is 20.2 Å². The van der Waals surface area contributed by atoms with Crippen molar-refractivity contribution >= 4 is 11.9 Å². The minimum Gasteiger partial charge on any atom is -0.469 e. The van der Waals surface area contributed by atoms with Crippen molar-refractivity contribution in [2.45, 2.75) is 13.3 Å². The van der Waals surface area contributed by atoms with E-state index in [1.165, 1.54) is 7.11 Å². The Hall–Kier alpha value is -1.85. The van der Waals surface area contributed by atoms with Gasteiger partial charge in [0.1, 0.15) is 5.69 Å². The fourth-order valence-corrected chi connectivity index (χ4v) is 2.28. The van der Waals surface area contributed by atoms with E-state index in [1.807, 2.05) is 6.92 Å². The van der Waals surface area contributed by atoms with Crippen molar-refractivity contribution in [3.8, 4) is 0 Å². The van der Waals surface area contributed by atoms with Crippen molar-refractivity contribution in [2.24, 2.45) is 13.0 Å². The first kappa shape index (κ1) is 12.6. The van der Waals surface area contributed by atoms with Crippen LogP contribution in [0.4, 0.5) is 0 Å². The van der Waals surface area contributed by atoms with Gasteiger partial charge in [-0.2, -0.15) is 5.10 Å². The Morgan fingerprint density at radius 3 is 2.78 bits per heavy atom. The Morgan fingerprint density at radius 2 is 2.22 bits per heavy atom. The predicted molar refractivity (Wildman–Crippen MR) is 64.0 cm³/mol. The molecule has 2 rings (SSSR count). The van der Waals surface area contributed by atoms with Gasteiger partial charge in [0.15, 0.2) is 0 Å². The highest BCUT2D eigenvalue weighted by atomic mass is 16.5. The zero-order valence-corrected chi connectivity index (χ0v) is 10.8. The van der Waals surface area contributed by atoms with Gasteiger partial charge in [0, 0.05) is 20.1 Å². The molecule has 1 fully saturated rings. The van der Waals surface area contributed by atoms with E-state index in [1.54, 1.807) is 22.7 Å². The molecule has 0 N–H and O–H groups in total. The number of aryl methyl sites for hydroxylation is 2. The Kier molecular flexibility index (Phi) is 3.36. The average molecular weight is 251 g/mol. The maximum Gasteiger partial charge on any atom is 0.310 e. The van der Waals surface area contributed by atoms with Gasteiger partial charge in [-0.15, -0.1) is 0 Å². The van der Waals surface area contributed by atoms with Gasteiger partial charge in [0.25, 0.3) is 5.91 Å². The number of carbonyl (C=O) groups is 2. The first-order valence-corrected chi connectivity index (χ1v) is 5.90. The number of rotatable bonds is 2. The summed E-state index contributed by atoms with van der Waals surface area (Å²) in [7, 11) is 3.12. The van der Waals surface area contributed by atoms with Gasteiger partial charge in [-0.25, -0.2) is 0 Å². The number of hydrogen-bond acceptors (Lipinski definition) is 4. The van der Waals surface area contributed by atoms with Crippen molar-refractivity contribution in [1.29, 1.82) is 0 Å². The van der Waals surface area contributed by atoms with Crippen molar-refractivity contribution in [3.05, 3.63) is 17.5 Å². The summed E-state index contributed by atoms with van der Waals surface area (Å²) < 4.78 is 6.27. The normalized spacial score (nSPS) is 19.1. The Labute approximate surface area is 106 Å². The molecular formula is C12H17N3O3. The van der Waals surface area contributed by atoms with Gasteiger partial charge in [-0.3, -0.25) is 14.3 Å². The van der Waals surface area contributed by atoms with Crippen LogP contribution >= 0.6 is 0 Å². The highest BCUT2D eigenvalue weighted by Crippen LogP contribution is 2.19. The highest BCUT2D eigenvalue weighted by molar-refractivity contribution is 5.93. The van der Waals surface area contributed by atoms with Crippen LogP contribution in [-0.4, -0.2) is 46.8 Å². The van der Waals surface area contributed by atoms with E-state index in [4.69, 9.17) is 4.74 Å². The summed E-state index contributed by atoms with van der Waals surface area (Å²) in [6.45, 7) is 2.86. The molecule has 1 saturated heterocycles. The quantitative estimate of drug-likeness (QED) is 0.712. The number of amides is 1. The number of carbonyl (C=O) groups excluding carboxylic acids is 2. The molecular weight excluding hydrogens is 234 g/mol. The molecule has 6 nitrogen and oxygen atoms in total. The molecule has 1 atom stereocenters. The van der Waals surface area contributed by atoms with Crippen molar-refractivity contribution in [3.63, 3.8) is 0 Å². The maximum absolute atomic E-state index is 12.3. The first-order chi connectivity index (χ1) is 8.52. The third kappa shape index (κ3) is 2.23. The summed E-state index contributed by atoms with van der Waals surface area (Å²) in [5, 5.41) is 4.15. The molecule has 1 amide bonds. The minimum absolute atomic E-state index is 0.0792. The number of likely N-dealkylation sites (tertiary alicyclic amines) is 1. The molecule has 0 aliphatic carbocycles. The van der Waals surface area contributed by atoms with Crippen LogP contribution in [0.5, 0.6) is 0 Å². The molecule has 1 aromatic rings. The molecule has 0 aromatic carbocycles. The second-order valence-corrected chi connectivity index (χ2v) is 4.55. The first-order valence-electron chi connectivity index (χ1n) is 5.90. The number of aromatic nitrogens is 2. The van der Waals surface area contributed by atoms with E-state index in [2.05, 4.69) is 5.10 Å². The lowest BCUT2D eigenvalue weighted by atomic mass is 10.1. The molecule has 1 aromatic heterocycles. The number of nitrogens with zero attached hydrogens (tertiary/aromatic N) is 3. The fourth-order valence-electron chi connectivity index (χ4n) is 2.28. The van der Waals surface area contributed by atoms with Crippen molar-refractivity contribution < 1.29 is 14.3 Å². The monoisotopic (exact) mass is 251 g/mol. The molecule has 18 heavy (non-hydrogen) atoms. The lowest BCUT2D eigenvalue weighted by Gasteiger charge is -2.15. The van der Waals surface area contributed by atoms with Gasteiger partial charge in [0.05, 0.1) is 18.7 Å². The van der Waals surface area contributed by atoms with Crippen LogP contribution in [0, 0.1) is 12.8 Å². The number of hydrogen-bond donors (Lipinski definition) is 0. The number of methoxy groups -OCH3 is 1. The van der Waals surface area contributed by atoms with Crippen LogP contribution in [-0.2, 0) is 16.6 Å². The Balaban J connectivity index is 2.08. The largest absolute Gasteiger partial charge is 0.469 e. The minimum atomic E-state index is -0.244. The molecule has 2 heterocycles. The maximum atomic E-state index is 12.3. The fraction of sp³-hybridized carbons (Fsp3) is 0.583. The number of esters is 1. The van der Waals surface area contributed by atoms with Crippen LogP contribution in [0.3, 0.4) is 0 Å². The molecule has 98 valence electrons. The van der Waals surface area contributed by atoms with Gasteiger partial charge in [-0.05, 0) is 19.4 Å². The molecule has 0 radical (unpaired) electrons. The van der Waals surface area contributed by atoms with Crippen LogP contribution in [0.15, 0.2) is 6.07 Å². The Bertz CT molecular complexity index is 481. The molecule has 1 aliphatic rings. The van der Waals surface area contributed by atoms with Crippen LogP contribution in [0.2, 0.25) is 0 Å². The summed E-state index contributed by atoms with van der Waals surface area (Å²) in [5.74, 6) is -0.524. The summed E-state index contributed by atoms with van der Waals surface area (Å²) in [5.41, 5.74) is 1.36. The summed E-state index contributed by atoms with van der Waals surface area (Å²) in [6.07, 6.45) is 0.662. The standard InChI is InChI=1S/C12H17N3O3/c1-8-6-10(14(2)13-8)11(16)15-5-4-9(7-15)12(17)18-3/h6,9H,4-5,7H2,1-3H3. The summed E-state index contributed by atoms with van der Waals surface area (Å²) >= 11 is 0. The molecule has 0 saturated carbocycles. The molecule has 6 heteroatoms. The lowest BCUT2D eigenvalue weighted by molar-refractivity contribution is -0.144. The predicted octanol–water partition coefficient (Wildman–Crippen LogP) is 0.364. The third-order valence-electron chi connectivity index (χ3n) is 3.23. The van der Waals surface area contributed by atoms with E-state index >= 15 is 0 Å². The van der Waals surface area contributed by atoms with Crippen LogP contribution in [0.25, 0.3) is 0 Å². The SMILES string of the molecule is COC(=O)C1CCN(C(=O)c2cc(C)nn2C)C1. The third-order valence-corrected chi connectivity index (χ3v) is 3.23. The highest BCUT2D eigenvalue weighted by Gasteiger charge is 2.33. The molecule has 1 aliphatic heterocycles. The average Bonchev–Trinajstić information content (AvgIpc) is 2.94. The summed E-state index contributed by atoms with van der Waals surface area (Å²) in [6, 6.07) is 1.76. The van der Waals surface area contributed by atoms with Gasteiger partial charge < -0.3 is 9.64 Å². The molecule has 0 bridgehead atoms. The van der Waals surface area contributed by atoms with Crippen LogP contribution in [0.1, 0.15) is 22.6 Å². The van der Waals surface area contributed by atoms with Crippen molar-refractivity contribution in [1.82, 2.24) is 14.7 Å². The molecule has 1 unspecified atom stereocenters. The lowest BCUT2D eigenvalue weighted by Crippen LogP contribution is -2.31. The van der Waals surface area contributed by atoms with Gasteiger partial charge in [0.2, 0.25) is 0 Å². The van der Waals surface area contributed by atoms with E-state index in [9.17, 15) is 9.59 Å². The van der Waals surface area contributed by atoms with Crippen LogP contribution < -0.4 is 0 Å². The number of ether oxygens (including phenoxy) is 1. The second-order valence-electron chi connectivity index (χ2n) is 4.55. The topological polar surface area (TPSA) is 64.4 Å².